The molecule has 3 aromatic carbocycles. The van der Waals surface area contributed by atoms with Crippen LogP contribution in [0.2, 0.25) is 0 Å². The normalized spacial score (nSPS) is 17.8. The first-order chi connectivity index (χ1) is 17.6. The Morgan fingerprint density at radius 3 is 2.75 bits per heavy atom. The van der Waals surface area contributed by atoms with E-state index >= 15 is 4.39 Å². The minimum atomic E-state index is -0.852. The summed E-state index contributed by atoms with van der Waals surface area (Å²) in [6, 6.07) is 22.7. The third-order valence-corrected chi connectivity index (χ3v) is 6.99. The second-order valence-corrected chi connectivity index (χ2v) is 9.20. The highest BCUT2D eigenvalue weighted by molar-refractivity contribution is 5.83. The van der Waals surface area contributed by atoms with Crippen LogP contribution in [0.3, 0.4) is 0 Å². The fourth-order valence-corrected chi connectivity index (χ4v) is 5.37. The Bertz CT molecular complexity index is 1450. The Morgan fingerprint density at radius 1 is 1.06 bits per heavy atom. The van der Waals surface area contributed by atoms with E-state index in [0.717, 1.165) is 33.5 Å². The topological polar surface area (TPSA) is 68.7 Å². The molecule has 1 N–H and O–H groups in total. The number of benzene rings is 3. The summed E-state index contributed by atoms with van der Waals surface area (Å²) < 4.78 is 27.2. The third kappa shape index (κ3) is 3.98. The summed E-state index contributed by atoms with van der Waals surface area (Å²) in [6.45, 7) is 0.337. The maximum Gasteiger partial charge on any atom is 0.304 e. The van der Waals surface area contributed by atoms with Crippen LogP contribution >= 0.6 is 0 Å². The van der Waals surface area contributed by atoms with Crippen molar-refractivity contribution in [1.82, 2.24) is 4.98 Å². The lowest BCUT2D eigenvalue weighted by Crippen LogP contribution is -2.07. The van der Waals surface area contributed by atoms with Crippen molar-refractivity contribution in [2.45, 2.75) is 31.3 Å². The Kier molecular flexibility index (Phi) is 5.64. The minimum Gasteiger partial charge on any atom is -0.492 e. The maximum absolute atomic E-state index is 15.2. The van der Waals surface area contributed by atoms with E-state index in [2.05, 4.69) is 4.98 Å². The van der Waals surface area contributed by atoms with E-state index in [1.807, 2.05) is 60.7 Å². The zero-order chi connectivity index (χ0) is 24.6. The minimum absolute atomic E-state index is 0.0243. The molecule has 2 atom stereocenters. The number of hydrogen-bond acceptors (Lipinski definition) is 4. The zero-order valence-corrected chi connectivity index (χ0v) is 19.5. The Labute approximate surface area is 208 Å². The van der Waals surface area contributed by atoms with Gasteiger partial charge >= 0.3 is 5.97 Å². The standard InChI is InChI=1S/C30H24FNO4/c31-25-12-10-22(24-7-4-14-32-30(24)18-5-2-1-3-6-18)23-11-13-26(29(23)25)36-20-8-9-21-19(15-28(33)34)17-35-27(21)16-20/h1-10,12,14,16,19,26H,11,13,15,17H2,(H,33,34)/t19-,26-/m1/s1. The van der Waals surface area contributed by atoms with Crippen LogP contribution in [-0.2, 0) is 11.2 Å². The molecular formula is C30H24FNO4. The van der Waals surface area contributed by atoms with Gasteiger partial charge in [0.2, 0.25) is 0 Å². The molecule has 4 aromatic rings. The molecule has 5 nitrogen and oxygen atoms in total. The van der Waals surface area contributed by atoms with Crippen LogP contribution in [0.15, 0.2) is 79.0 Å². The monoisotopic (exact) mass is 481 g/mol. The highest BCUT2D eigenvalue weighted by Crippen LogP contribution is 2.45. The van der Waals surface area contributed by atoms with E-state index in [4.69, 9.17) is 14.6 Å². The summed E-state index contributed by atoms with van der Waals surface area (Å²) in [6.07, 6.45) is 2.72. The number of carboxylic acid groups (broad SMARTS) is 1. The molecule has 1 aromatic heterocycles. The van der Waals surface area contributed by atoms with Gasteiger partial charge in [0.25, 0.3) is 0 Å². The fraction of sp³-hybridized carbons (Fsp3) is 0.200. The molecule has 0 saturated carbocycles. The summed E-state index contributed by atoms with van der Waals surface area (Å²) in [7, 11) is 0. The molecule has 0 fully saturated rings. The second-order valence-electron chi connectivity index (χ2n) is 9.20. The zero-order valence-electron chi connectivity index (χ0n) is 19.5. The number of nitrogens with zero attached hydrogens (tertiary/aromatic N) is 1. The predicted molar refractivity (Wildman–Crippen MR) is 134 cm³/mol. The first kappa shape index (κ1) is 22.3. The molecule has 36 heavy (non-hydrogen) atoms. The van der Waals surface area contributed by atoms with E-state index in [0.29, 0.717) is 36.5 Å². The number of aromatic nitrogens is 1. The molecule has 2 aliphatic rings. The Hall–Kier alpha value is -4.19. The van der Waals surface area contributed by atoms with Crippen molar-refractivity contribution in [2.75, 3.05) is 6.61 Å². The van der Waals surface area contributed by atoms with Gasteiger partial charge in [-0.05, 0) is 42.2 Å². The van der Waals surface area contributed by atoms with Crippen molar-refractivity contribution in [3.63, 3.8) is 0 Å². The van der Waals surface area contributed by atoms with Crippen molar-refractivity contribution >= 4 is 5.97 Å². The molecule has 6 heteroatoms. The predicted octanol–water partition coefficient (Wildman–Crippen LogP) is 6.57. The number of pyridine rings is 1. The first-order valence-corrected chi connectivity index (χ1v) is 12.1. The number of rotatable bonds is 6. The van der Waals surface area contributed by atoms with Gasteiger partial charge in [0.15, 0.2) is 0 Å². The second kappa shape index (κ2) is 9.11. The molecule has 0 bridgehead atoms. The average Bonchev–Trinajstić information content (AvgIpc) is 3.49. The van der Waals surface area contributed by atoms with Gasteiger partial charge in [0.1, 0.15) is 23.4 Å². The highest BCUT2D eigenvalue weighted by atomic mass is 19.1. The van der Waals surface area contributed by atoms with Crippen LogP contribution in [0.1, 0.15) is 41.6 Å². The van der Waals surface area contributed by atoms with Gasteiger partial charge in [0.05, 0.1) is 18.7 Å². The quantitative estimate of drug-likeness (QED) is 0.337. The number of carboxylic acids is 1. The van der Waals surface area contributed by atoms with Crippen molar-refractivity contribution in [2.24, 2.45) is 0 Å². The molecule has 2 heterocycles. The van der Waals surface area contributed by atoms with Gasteiger partial charge < -0.3 is 14.6 Å². The summed E-state index contributed by atoms with van der Waals surface area (Å²) in [4.78, 5) is 15.8. The average molecular weight is 482 g/mol. The van der Waals surface area contributed by atoms with Gasteiger partial charge in [-0.1, -0.05) is 48.5 Å². The summed E-state index contributed by atoms with van der Waals surface area (Å²) in [5.74, 6) is -0.0835. The fourth-order valence-electron chi connectivity index (χ4n) is 5.37. The van der Waals surface area contributed by atoms with Crippen molar-refractivity contribution in [3.8, 4) is 33.9 Å². The molecule has 0 saturated heterocycles. The van der Waals surface area contributed by atoms with Crippen LogP contribution in [0, 0.1) is 5.82 Å². The summed E-state index contributed by atoms with van der Waals surface area (Å²) in [5, 5.41) is 9.13. The summed E-state index contributed by atoms with van der Waals surface area (Å²) in [5.41, 5.74) is 6.22. The lowest BCUT2D eigenvalue weighted by Gasteiger charge is -2.18. The molecular weight excluding hydrogens is 457 g/mol. The number of hydrogen-bond donors (Lipinski definition) is 1. The van der Waals surface area contributed by atoms with Gasteiger partial charge in [0, 0.05) is 40.4 Å². The van der Waals surface area contributed by atoms with E-state index < -0.39 is 12.1 Å². The van der Waals surface area contributed by atoms with E-state index in [1.165, 1.54) is 6.07 Å². The van der Waals surface area contributed by atoms with Crippen LogP contribution in [0.5, 0.6) is 11.5 Å². The first-order valence-electron chi connectivity index (χ1n) is 12.1. The van der Waals surface area contributed by atoms with Gasteiger partial charge in [-0.3, -0.25) is 9.78 Å². The lowest BCUT2D eigenvalue weighted by atomic mass is 9.93. The SMILES string of the molecule is O=C(O)C[C@@H]1COc2cc(O[C@@H]3CCc4c(-c5cccnc5-c5ccccc5)ccc(F)c43)ccc21. The van der Waals surface area contributed by atoms with Crippen LogP contribution in [0.25, 0.3) is 22.4 Å². The Morgan fingerprint density at radius 2 is 1.92 bits per heavy atom. The van der Waals surface area contributed by atoms with Gasteiger partial charge in [-0.2, -0.15) is 0 Å². The maximum atomic E-state index is 15.2. The van der Waals surface area contributed by atoms with E-state index in [9.17, 15) is 4.79 Å². The highest BCUT2D eigenvalue weighted by Gasteiger charge is 2.32. The largest absolute Gasteiger partial charge is 0.492 e. The van der Waals surface area contributed by atoms with Crippen molar-refractivity contribution < 1.29 is 23.8 Å². The molecule has 0 amide bonds. The van der Waals surface area contributed by atoms with E-state index in [-0.39, 0.29) is 18.2 Å². The third-order valence-electron chi connectivity index (χ3n) is 6.99. The van der Waals surface area contributed by atoms with Crippen LogP contribution in [-0.4, -0.2) is 22.7 Å². The molecule has 0 radical (unpaired) electrons. The smallest absolute Gasteiger partial charge is 0.304 e. The van der Waals surface area contributed by atoms with Gasteiger partial charge in [-0.15, -0.1) is 0 Å². The molecule has 0 unspecified atom stereocenters. The number of carbonyl (C=O) groups is 1. The van der Waals surface area contributed by atoms with E-state index in [1.54, 1.807) is 12.3 Å². The molecule has 6 rings (SSSR count). The lowest BCUT2D eigenvalue weighted by molar-refractivity contribution is -0.137. The Balaban J connectivity index is 1.32. The number of fused-ring (bicyclic) bond motifs is 2. The molecule has 1 aliphatic carbocycles. The van der Waals surface area contributed by atoms with Gasteiger partial charge in [-0.25, -0.2) is 4.39 Å². The number of halogens is 1. The number of ether oxygens (including phenoxy) is 2. The number of aliphatic carboxylic acids is 1. The summed E-state index contributed by atoms with van der Waals surface area (Å²) >= 11 is 0. The van der Waals surface area contributed by atoms with Crippen molar-refractivity contribution in [3.05, 3.63) is 102 Å². The van der Waals surface area contributed by atoms with Crippen LogP contribution in [0.4, 0.5) is 4.39 Å². The molecule has 0 spiro atoms. The van der Waals surface area contributed by atoms with Crippen LogP contribution < -0.4 is 9.47 Å². The van der Waals surface area contributed by atoms with Crippen molar-refractivity contribution in [1.29, 1.82) is 0 Å². The molecule has 1 aliphatic heterocycles. The molecule has 180 valence electrons.